The predicted molar refractivity (Wildman–Crippen MR) is 61.3 cm³/mol. The lowest BCUT2D eigenvalue weighted by Gasteiger charge is -2.15. The first kappa shape index (κ1) is 10.2. The minimum Gasteiger partial charge on any atom is -0.348 e. The molecule has 15 heavy (non-hydrogen) atoms. The number of carbonyl (C=O) groups excluding carboxylic acids is 1. The smallest absolute Gasteiger partial charge is 0.164 e. The van der Waals surface area contributed by atoms with Crippen LogP contribution in [0.25, 0.3) is 0 Å². The average Bonchev–Trinajstić information content (AvgIpc) is 2.54. The van der Waals surface area contributed by atoms with Crippen molar-refractivity contribution in [3.05, 3.63) is 35.7 Å². The Kier molecular flexibility index (Phi) is 2.76. The number of fused-ring (bicyclic) bond motifs is 1. The molecule has 0 radical (unpaired) electrons. The summed E-state index contributed by atoms with van der Waals surface area (Å²) in [6.45, 7) is 6.77. The molecule has 0 saturated carbocycles. The fraction of sp³-hybridized carbons (Fsp3) is 0.462. The molecule has 1 aliphatic rings. The number of ketones is 1. The van der Waals surface area contributed by atoms with Crippen molar-refractivity contribution >= 4 is 5.78 Å². The summed E-state index contributed by atoms with van der Waals surface area (Å²) in [5.41, 5.74) is 3.41. The maximum Gasteiger partial charge on any atom is 0.164 e. The Balaban J connectivity index is 2.37. The van der Waals surface area contributed by atoms with Gasteiger partial charge in [-0.05, 0) is 32.3 Å². The van der Waals surface area contributed by atoms with Crippen LogP contribution in [0.4, 0.5) is 0 Å². The quantitative estimate of drug-likeness (QED) is 0.692. The molecule has 0 unspecified atom stereocenters. The Morgan fingerprint density at radius 3 is 3.07 bits per heavy atom. The minimum absolute atomic E-state index is 0.316. The van der Waals surface area contributed by atoms with Gasteiger partial charge in [-0.2, -0.15) is 0 Å². The van der Waals surface area contributed by atoms with Crippen molar-refractivity contribution in [2.45, 2.75) is 39.2 Å². The SMILES string of the molecule is C=CCCn1c(C)cc2c1CCCC2=O. The summed E-state index contributed by atoms with van der Waals surface area (Å²) in [6.07, 6.45) is 5.67. The zero-order chi connectivity index (χ0) is 10.8. The summed E-state index contributed by atoms with van der Waals surface area (Å²) in [6, 6.07) is 2.04. The van der Waals surface area contributed by atoms with Crippen LogP contribution in [-0.4, -0.2) is 10.4 Å². The Hall–Kier alpha value is -1.31. The molecule has 0 spiro atoms. The molecule has 0 bridgehead atoms. The highest BCUT2D eigenvalue weighted by Crippen LogP contribution is 2.25. The van der Waals surface area contributed by atoms with Crippen molar-refractivity contribution in [3.63, 3.8) is 0 Å². The number of hydrogen-bond acceptors (Lipinski definition) is 1. The number of rotatable bonds is 3. The molecule has 0 aromatic carbocycles. The second kappa shape index (κ2) is 4.05. The monoisotopic (exact) mass is 203 g/mol. The molecule has 0 amide bonds. The van der Waals surface area contributed by atoms with E-state index in [1.54, 1.807) is 0 Å². The normalized spacial score (nSPS) is 15.1. The maximum absolute atomic E-state index is 11.7. The summed E-state index contributed by atoms with van der Waals surface area (Å²) >= 11 is 0. The number of nitrogens with zero attached hydrogens (tertiary/aromatic N) is 1. The highest BCUT2D eigenvalue weighted by Gasteiger charge is 2.21. The number of carbonyl (C=O) groups is 1. The molecule has 2 heteroatoms. The highest BCUT2D eigenvalue weighted by molar-refractivity contribution is 5.98. The fourth-order valence-corrected chi connectivity index (χ4v) is 2.32. The molecule has 2 nitrogen and oxygen atoms in total. The maximum atomic E-state index is 11.7. The van der Waals surface area contributed by atoms with Crippen molar-refractivity contribution in [1.29, 1.82) is 0 Å². The first-order valence-electron chi connectivity index (χ1n) is 5.57. The summed E-state index contributed by atoms with van der Waals surface area (Å²) in [5, 5.41) is 0. The van der Waals surface area contributed by atoms with Gasteiger partial charge in [0.15, 0.2) is 5.78 Å². The second-order valence-electron chi connectivity index (χ2n) is 4.15. The van der Waals surface area contributed by atoms with Gasteiger partial charge < -0.3 is 4.57 Å². The molecule has 1 aromatic heterocycles. The first-order chi connectivity index (χ1) is 7.24. The van der Waals surface area contributed by atoms with E-state index in [1.165, 1.54) is 11.4 Å². The molecule has 0 atom stereocenters. The molecular formula is C13H17NO. The van der Waals surface area contributed by atoms with Crippen LogP contribution < -0.4 is 0 Å². The van der Waals surface area contributed by atoms with Crippen LogP contribution in [0.3, 0.4) is 0 Å². The predicted octanol–water partition coefficient (Wildman–Crippen LogP) is 2.89. The van der Waals surface area contributed by atoms with Gasteiger partial charge in [-0.1, -0.05) is 6.08 Å². The van der Waals surface area contributed by atoms with Gasteiger partial charge in [0.2, 0.25) is 0 Å². The van der Waals surface area contributed by atoms with Crippen LogP contribution in [0.2, 0.25) is 0 Å². The molecular weight excluding hydrogens is 186 g/mol. The van der Waals surface area contributed by atoms with Gasteiger partial charge >= 0.3 is 0 Å². The van der Waals surface area contributed by atoms with Crippen LogP contribution in [0.1, 0.15) is 41.0 Å². The standard InChI is InChI=1S/C13H17NO/c1-3-4-8-14-10(2)9-11-12(14)6-5-7-13(11)15/h3,9H,1,4-8H2,2H3. The van der Waals surface area contributed by atoms with E-state index in [0.29, 0.717) is 5.78 Å². The van der Waals surface area contributed by atoms with Crippen molar-refractivity contribution in [1.82, 2.24) is 4.57 Å². The first-order valence-corrected chi connectivity index (χ1v) is 5.57. The Morgan fingerprint density at radius 1 is 1.53 bits per heavy atom. The molecule has 0 saturated heterocycles. The lowest BCUT2D eigenvalue weighted by Crippen LogP contribution is -2.13. The number of aryl methyl sites for hydroxylation is 1. The molecule has 0 aliphatic heterocycles. The van der Waals surface area contributed by atoms with E-state index in [2.05, 4.69) is 18.1 Å². The van der Waals surface area contributed by atoms with Crippen LogP contribution >= 0.6 is 0 Å². The van der Waals surface area contributed by atoms with Gasteiger partial charge in [0.05, 0.1) is 0 Å². The topological polar surface area (TPSA) is 22.0 Å². The third kappa shape index (κ3) is 1.76. The molecule has 0 N–H and O–H groups in total. The summed E-state index contributed by atoms with van der Waals surface area (Å²) in [7, 11) is 0. The lowest BCUT2D eigenvalue weighted by molar-refractivity contribution is 0.0972. The van der Waals surface area contributed by atoms with Crippen LogP contribution in [-0.2, 0) is 13.0 Å². The van der Waals surface area contributed by atoms with E-state index >= 15 is 0 Å². The van der Waals surface area contributed by atoms with Crippen molar-refractivity contribution in [2.24, 2.45) is 0 Å². The van der Waals surface area contributed by atoms with E-state index in [-0.39, 0.29) is 0 Å². The van der Waals surface area contributed by atoms with Gasteiger partial charge in [0, 0.05) is 29.9 Å². The van der Waals surface area contributed by atoms with E-state index in [4.69, 9.17) is 0 Å². The molecule has 2 rings (SSSR count). The average molecular weight is 203 g/mol. The third-order valence-corrected chi connectivity index (χ3v) is 3.09. The van der Waals surface area contributed by atoms with Gasteiger partial charge in [0.25, 0.3) is 0 Å². The third-order valence-electron chi connectivity index (χ3n) is 3.09. The number of hydrogen-bond donors (Lipinski definition) is 0. The van der Waals surface area contributed by atoms with Crippen molar-refractivity contribution in [2.75, 3.05) is 0 Å². The van der Waals surface area contributed by atoms with E-state index in [1.807, 2.05) is 12.1 Å². The van der Waals surface area contributed by atoms with Crippen LogP contribution in [0, 0.1) is 6.92 Å². The number of allylic oxidation sites excluding steroid dienone is 1. The molecule has 0 fully saturated rings. The Labute approximate surface area is 90.6 Å². The highest BCUT2D eigenvalue weighted by atomic mass is 16.1. The largest absolute Gasteiger partial charge is 0.348 e. The Bertz CT molecular complexity index is 401. The second-order valence-corrected chi connectivity index (χ2v) is 4.15. The molecule has 80 valence electrons. The zero-order valence-corrected chi connectivity index (χ0v) is 9.25. The number of aromatic nitrogens is 1. The fourth-order valence-electron chi connectivity index (χ4n) is 2.32. The van der Waals surface area contributed by atoms with E-state index in [9.17, 15) is 4.79 Å². The summed E-state index contributed by atoms with van der Waals surface area (Å²) < 4.78 is 2.27. The zero-order valence-electron chi connectivity index (χ0n) is 9.25. The molecule has 1 aliphatic carbocycles. The van der Waals surface area contributed by atoms with Gasteiger partial charge in [-0.25, -0.2) is 0 Å². The van der Waals surface area contributed by atoms with Crippen LogP contribution in [0.5, 0.6) is 0 Å². The van der Waals surface area contributed by atoms with Crippen molar-refractivity contribution < 1.29 is 4.79 Å². The molecule has 1 aromatic rings. The summed E-state index contributed by atoms with van der Waals surface area (Å²) in [4.78, 5) is 11.7. The van der Waals surface area contributed by atoms with Gasteiger partial charge in [-0.15, -0.1) is 6.58 Å². The lowest BCUT2D eigenvalue weighted by atomic mass is 9.96. The molecule has 1 heterocycles. The van der Waals surface area contributed by atoms with E-state index < -0.39 is 0 Å². The van der Waals surface area contributed by atoms with Crippen molar-refractivity contribution in [3.8, 4) is 0 Å². The van der Waals surface area contributed by atoms with E-state index in [0.717, 1.165) is 37.8 Å². The van der Waals surface area contributed by atoms with Gasteiger partial charge in [-0.3, -0.25) is 4.79 Å². The van der Waals surface area contributed by atoms with Crippen LogP contribution in [0.15, 0.2) is 18.7 Å². The Morgan fingerprint density at radius 2 is 2.33 bits per heavy atom. The minimum atomic E-state index is 0.316. The van der Waals surface area contributed by atoms with Gasteiger partial charge in [0.1, 0.15) is 0 Å². The summed E-state index contributed by atoms with van der Waals surface area (Å²) in [5.74, 6) is 0.316. The number of Topliss-reactive ketones (excluding diaryl/α,β-unsaturated/α-hetero) is 1.